The van der Waals surface area contributed by atoms with Crippen molar-refractivity contribution in [2.24, 2.45) is 10.9 Å². The van der Waals surface area contributed by atoms with Crippen LogP contribution in [0.2, 0.25) is 0 Å². The smallest absolute Gasteiger partial charge is 0.280 e. The molecule has 4 rings (SSSR count). The lowest BCUT2D eigenvalue weighted by Gasteiger charge is -2.43. The molecule has 1 aromatic rings. The van der Waals surface area contributed by atoms with Gasteiger partial charge in [-0.25, -0.2) is 9.97 Å². The van der Waals surface area contributed by atoms with Crippen molar-refractivity contribution < 1.29 is 9.59 Å². The van der Waals surface area contributed by atoms with Crippen molar-refractivity contribution in [1.82, 2.24) is 30.4 Å². The molecule has 4 heterocycles. The number of nitrogens with one attached hydrogen (secondary N) is 2. The summed E-state index contributed by atoms with van der Waals surface area (Å²) in [6.07, 6.45) is 1.54. The van der Waals surface area contributed by atoms with Gasteiger partial charge in [-0.3, -0.25) is 24.8 Å². The Kier molecular flexibility index (Phi) is 7.17. The first-order valence-electron chi connectivity index (χ1n) is 11.8. The van der Waals surface area contributed by atoms with Gasteiger partial charge in [0.1, 0.15) is 5.82 Å². The van der Waals surface area contributed by atoms with Crippen molar-refractivity contribution in [3.8, 4) is 0 Å². The number of aliphatic imine (C=N–C) groups is 1. The fourth-order valence-corrected chi connectivity index (χ4v) is 5.79. The highest BCUT2D eigenvalue weighted by Gasteiger charge is 2.42. The van der Waals surface area contributed by atoms with Crippen LogP contribution in [0.4, 0.5) is 11.6 Å². The number of aromatic nitrogens is 2. The fraction of sp³-hybridized carbons (Fsp3) is 0.682. The maximum atomic E-state index is 13.4. The lowest BCUT2D eigenvalue weighted by Crippen LogP contribution is -2.60. The van der Waals surface area contributed by atoms with Crippen LogP contribution >= 0.6 is 11.8 Å². The third kappa shape index (κ3) is 5.07. The number of anilines is 2. The number of nitrogen functional groups attached to an aromatic ring is 2. The molecule has 0 aliphatic carbocycles. The molecular weight excluding hydrogens is 454 g/mol. The van der Waals surface area contributed by atoms with E-state index < -0.39 is 5.91 Å². The Balaban J connectivity index is 1.33. The first-order chi connectivity index (χ1) is 16.2. The number of nitrogens with zero attached hydrogens (tertiary/aromatic N) is 5. The summed E-state index contributed by atoms with van der Waals surface area (Å²) in [5.74, 6) is 2.77. The molecule has 1 atom stereocenters. The van der Waals surface area contributed by atoms with Crippen molar-refractivity contribution in [2.75, 3.05) is 55.7 Å². The number of piperidine rings is 1. The van der Waals surface area contributed by atoms with E-state index in [9.17, 15) is 9.59 Å². The molecule has 0 aromatic carbocycles. The van der Waals surface area contributed by atoms with Gasteiger partial charge in [0.05, 0.1) is 23.8 Å². The Morgan fingerprint density at radius 1 is 1.09 bits per heavy atom. The van der Waals surface area contributed by atoms with Crippen LogP contribution in [0, 0.1) is 12.8 Å². The first-order valence-corrected chi connectivity index (χ1v) is 13.0. The Bertz CT molecular complexity index is 969. The van der Waals surface area contributed by atoms with Gasteiger partial charge >= 0.3 is 0 Å². The van der Waals surface area contributed by atoms with E-state index in [1.54, 1.807) is 6.92 Å². The number of amides is 2. The lowest BCUT2D eigenvalue weighted by molar-refractivity contribution is -0.140. The number of thioether (sulfide) groups is 1. The molecule has 6 N–H and O–H groups in total. The molecule has 1 unspecified atom stereocenters. The Morgan fingerprint density at radius 3 is 2.41 bits per heavy atom. The van der Waals surface area contributed by atoms with E-state index in [-0.39, 0.29) is 40.7 Å². The van der Waals surface area contributed by atoms with Gasteiger partial charge in [0, 0.05) is 37.7 Å². The van der Waals surface area contributed by atoms with E-state index in [2.05, 4.69) is 44.3 Å². The molecule has 0 saturated carbocycles. The van der Waals surface area contributed by atoms with Crippen LogP contribution in [0.1, 0.15) is 42.9 Å². The number of hydrogen-bond donors (Lipinski definition) is 4. The largest absolute Gasteiger partial charge is 0.382 e. The standard InChI is InChI=1S/C22H35N9O2S/c1-13(2)16(30-8-10-34-11-9-30)20(33)31-6-4-22(5-7-31)12-25-21(29-22)28-19(32)15-18(24)27-17(23)14(3)26-15/h13,16H,4-12H2,1-3H3,(H4,23,24,27)(H2,25,28,29,32). The van der Waals surface area contributed by atoms with Gasteiger partial charge in [-0.2, -0.15) is 11.8 Å². The molecule has 34 heavy (non-hydrogen) atoms. The number of likely N-dealkylation sites (tertiary alicyclic amines) is 1. The zero-order valence-corrected chi connectivity index (χ0v) is 21.0. The molecule has 2 fully saturated rings. The predicted octanol–water partition coefficient (Wildman–Crippen LogP) is 0.0730. The maximum absolute atomic E-state index is 13.4. The summed E-state index contributed by atoms with van der Waals surface area (Å²) in [6, 6.07) is -0.0625. The van der Waals surface area contributed by atoms with Crippen molar-refractivity contribution in [3.05, 3.63) is 11.4 Å². The normalized spacial score (nSPS) is 21.3. The molecule has 3 aliphatic rings. The molecule has 12 heteroatoms. The predicted molar refractivity (Wildman–Crippen MR) is 135 cm³/mol. The van der Waals surface area contributed by atoms with Gasteiger partial charge in [-0.15, -0.1) is 0 Å². The van der Waals surface area contributed by atoms with Crippen molar-refractivity contribution >= 4 is 41.2 Å². The fourth-order valence-electron chi connectivity index (χ4n) is 4.86. The summed E-state index contributed by atoms with van der Waals surface area (Å²) >= 11 is 1.96. The van der Waals surface area contributed by atoms with Gasteiger partial charge in [0.15, 0.2) is 17.5 Å². The summed E-state index contributed by atoms with van der Waals surface area (Å²) in [7, 11) is 0. The van der Waals surface area contributed by atoms with Gasteiger partial charge in [0.2, 0.25) is 5.91 Å². The second-order valence-electron chi connectivity index (χ2n) is 9.61. The van der Waals surface area contributed by atoms with Gasteiger partial charge in [0.25, 0.3) is 5.91 Å². The molecule has 186 valence electrons. The van der Waals surface area contributed by atoms with Crippen LogP contribution in [0.25, 0.3) is 0 Å². The quantitative estimate of drug-likeness (QED) is 0.460. The van der Waals surface area contributed by atoms with E-state index in [1.165, 1.54) is 0 Å². The highest BCUT2D eigenvalue weighted by atomic mass is 32.2. The van der Waals surface area contributed by atoms with Crippen LogP contribution in [-0.2, 0) is 4.79 Å². The molecule has 3 aliphatic heterocycles. The van der Waals surface area contributed by atoms with Crippen LogP contribution in [-0.4, -0.2) is 93.4 Å². The summed E-state index contributed by atoms with van der Waals surface area (Å²) in [6.45, 7) is 9.77. The molecule has 1 aromatic heterocycles. The number of carbonyl (C=O) groups is 2. The summed E-state index contributed by atoms with van der Waals surface area (Å²) in [4.78, 5) is 43.1. The number of guanidine groups is 1. The van der Waals surface area contributed by atoms with Gasteiger partial charge in [-0.1, -0.05) is 13.8 Å². The molecule has 11 nitrogen and oxygen atoms in total. The van der Waals surface area contributed by atoms with Crippen LogP contribution in [0.15, 0.2) is 4.99 Å². The average molecular weight is 490 g/mol. The maximum Gasteiger partial charge on any atom is 0.280 e. The van der Waals surface area contributed by atoms with E-state index in [0.717, 1.165) is 37.4 Å². The van der Waals surface area contributed by atoms with E-state index >= 15 is 0 Å². The third-order valence-corrected chi connectivity index (χ3v) is 7.80. The minimum atomic E-state index is -0.483. The van der Waals surface area contributed by atoms with Crippen LogP contribution in [0.5, 0.6) is 0 Å². The molecule has 0 radical (unpaired) electrons. The number of hydrogen-bond acceptors (Lipinski definition) is 10. The zero-order valence-electron chi connectivity index (χ0n) is 20.1. The topological polar surface area (TPSA) is 155 Å². The monoisotopic (exact) mass is 489 g/mol. The Hall–Kier alpha value is -2.60. The minimum Gasteiger partial charge on any atom is -0.382 e. The summed E-state index contributed by atoms with van der Waals surface area (Å²) in [5, 5.41) is 6.13. The molecule has 0 bridgehead atoms. The minimum absolute atomic E-state index is 0.0206. The second kappa shape index (κ2) is 9.95. The first kappa shape index (κ1) is 24.5. The average Bonchev–Trinajstić information content (AvgIpc) is 3.18. The molecule has 1 spiro atoms. The molecule has 2 amide bonds. The number of rotatable bonds is 4. The van der Waals surface area contributed by atoms with Crippen molar-refractivity contribution in [2.45, 2.75) is 45.2 Å². The number of carbonyl (C=O) groups excluding carboxylic acids is 2. The van der Waals surface area contributed by atoms with Gasteiger partial charge in [-0.05, 0) is 25.7 Å². The van der Waals surface area contributed by atoms with Gasteiger partial charge < -0.3 is 21.7 Å². The van der Waals surface area contributed by atoms with Crippen molar-refractivity contribution in [3.63, 3.8) is 0 Å². The van der Waals surface area contributed by atoms with E-state index in [1.807, 2.05) is 16.7 Å². The molecular formula is C22H35N9O2S. The Morgan fingerprint density at radius 2 is 1.76 bits per heavy atom. The highest BCUT2D eigenvalue weighted by molar-refractivity contribution is 7.99. The number of aryl methyl sites for hydroxylation is 1. The summed E-state index contributed by atoms with van der Waals surface area (Å²) < 4.78 is 0. The highest BCUT2D eigenvalue weighted by Crippen LogP contribution is 2.28. The zero-order chi connectivity index (χ0) is 24.5. The SMILES string of the molecule is Cc1nc(C(=O)NC2=NCC3(CCN(C(=O)C(C(C)C)N4CCSCC4)CC3)N2)c(N)nc1N. The molecule has 2 saturated heterocycles. The van der Waals surface area contributed by atoms with Crippen molar-refractivity contribution in [1.29, 1.82) is 0 Å². The third-order valence-electron chi connectivity index (χ3n) is 6.86. The Labute approximate surface area is 204 Å². The van der Waals surface area contributed by atoms with Crippen LogP contribution in [0.3, 0.4) is 0 Å². The number of nitrogens with two attached hydrogens (primary N) is 2. The lowest BCUT2D eigenvalue weighted by atomic mass is 9.87. The van der Waals surface area contributed by atoms with E-state index in [4.69, 9.17) is 11.5 Å². The summed E-state index contributed by atoms with van der Waals surface area (Å²) in [5.41, 5.74) is 11.7. The van der Waals surface area contributed by atoms with E-state index in [0.29, 0.717) is 31.3 Å². The second-order valence-corrected chi connectivity index (χ2v) is 10.8. The van der Waals surface area contributed by atoms with Crippen LogP contribution < -0.4 is 22.1 Å².